The number of nitrogens with one attached hydrogen (secondary N) is 1. The first kappa shape index (κ1) is 17.7. The number of nitrogens with zero attached hydrogens (tertiary/aromatic N) is 4. The van der Waals surface area contributed by atoms with E-state index in [0.717, 1.165) is 39.4 Å². The number of aryl methyl sites for hydroxylation is 2. The molecule has 0 unspecified atom stereocenters. The number of carbonyl (C=O) groups excluding carboxylic acids is 1. The maximum Gasteiger partial charge on any atom is 0.248 e. The van der Waals surface area contributed by atoms with Crippen molar-refractivity contribution >= 4 is 28.7 Å². The third-order valence-corrected chi connectivity index (χ3v) is 4.83. The Hall–Kier alpha value is -3.67. The summed E-state index contributed by atoms with van der Waals surface area (Å²) in [5.41, 5.74) is 6.63. The minimum absolute atomic E-state index is 0.177. The van der Waals surface area contributed by atoms with Crippen LogP contribution in [0.1, 0.15) is 17.0 Å². The minimum atomic E-state index is -0.177. The maximum absolute atomic E-state index is 12.3. The molecule has 4 rings (SSSR count). The average molecular weight is 371 g/mol. The Morgan fingerprint density at radius 3 is 2.54 bits per heavy atom. The van der Waals surface area contributed by atoms with Gasteiger partial charge in [0.15, 0.2) is 0 Å². The molecule has 0 spiro atoms. The van der Waals surface area contributed by atoms with Gasteiger partial charge >= 0.3 is 0 Å². The second kappa shape index (κ2) is 7.15. The lowest BCUT2D eigenvalue weighted by Crippen LogP contribution is -2.07. The molecule has 6 nitrogen and oxygen atoms in total. The summed E-state index contributed by atoms with van der Waals surface area (Å²) in [6.45, 7) is 3.92. The lowest BCUT2D eigenvalue weighted by molar-refractivity contribution is -0.111. The fraction of sp³-hybridized carbons (Fsp3) is 0.136. The topological polar surface area (TPSA) is 64.7 Å². The maximum atomic E-state index is 12.3. The van der Waals surface area contributed by atoms with E-state index in [1.807, 2.05) is 78.7 Å². The Bertz CT molecular complexity index is 1180. The van der Waals surface area contributed by atoms with Gasteiger partial charge in [0.05, 0.1) is 16.7 Å². The van der Waals surface area contributed by atoms with E-state index in [0.29, 0.717) is 0 Å². The number of rotatable bonds is 4. The van der Waals surface area contributed by atoms with E-state index in [2.05, 4.69) is 15.4 Å². The van der Waals surface area contributed by atoms with Crippen molar-refractivity contribution in [1.82, 2.24) is 19.3 Å². The molecule has 6 heteroatoms. The molecule has 2 aromatic heterocycles. The largest absolute Gasteiger partial charge is 0.323 e. The summed E-state index contributed by atoms with van der Waals surface area (Å²) in [4.78, 5) is 16.7. The van der Waals surface area contributed by atoms with Gasteiger partial charge in [0, 0.05) is 35.8 Å². The van der Waals surface area contributed by atoms with Crippen LogP contribution < -0.4 is 5.32 Å². The van der Waals surface area contributed by atoms with Crippen LogP contribution in [0.5, 0.6) is 0 Å². The molecule has 1 amide bonds. The molecule has 0 aliphatic heterocycles. The molecule has 28 heavy (non-hydrogen) atoms. The standard InChI is InChI=1S/C22H21N5O/c1-15-19(16(2)26(3)25-15)12-13-22(28)24-17-8-10-18(11-9-17)27-14-23-20-6-4-5-7-21(20)27/h4-14H,1-3H3,(H,24,28)/b13-12+. The molecular weight excluding hydrogens is 350 g/mol. The van der Waals surface area contributed by atoms with E-state index in [4.69, 9.17) is 0 Å². The highest BCUT2D eigenvalue weighted by atomic mass is 16.1. The van der Waals surface area contributed by atoms with Crippen LogP contribution in [0.2, 0.25) is 0 Å². The van der Waals surface area contributed by atoms with Crippen LogP contribution in [0, 0.1) is 13.8 Å². The van der Waals surface area contributed by atoms with E-state index in [1.165, 1.54) is 6.08 Å². The molecule has 2 heterocycles. The summed E-state index contributed by atoms with van der Waals surface area (Å²) >= 11 is 0. The van der Waals surface area contributed by atoms with E-state index >= 15 is 0 Å². The second-order valence-corrected chi connectivity index (χ2v) is 6.68. The number of amides is 1. The first-order valence-corrected chi connectivity index (χ1v) is 9.05. The second-order valence-electron chi connectivity index (χ2n) is 6.68. The highest BCUT2D eigenvalue weighted by Crippen LogP contribution is 2.20. The van der Waals surface area contributed by atoms with Crippen LogP contribution >= 0.6 is 0 Å². The summed E-state index contributed by atoms with van der Waals surface area (Å²) in [5, 5.41) is 7.24. The lowest BCUT2D eigenvalue weighted by Gasteiger charge is -2.07. The van der Waals surface area contributed by atoms with E-state index in [1.54, 1.807) is 12.4 Å². The number of benzene rings is 2. The van der Waals surface area contributed by atoms with Crippen LogP contribution in [0.25, 0.3) is 22.8 Å². The van der Waals surface area contributed by atoms with E-state index in [9.17, 15) is 4.79 Å². The predicted molar refractivity (Wildman–Crippen MR) is 111 cm³/mol. The number of para-hydroxylation sites is 2. The van der Waals surface area contributed by atoms with Gasteiger partial charge in [0.1, 0.15) is 6.33 Å². The smallest absolute Gasteiger partial charge is 0.248 e. The quantitative estimate of drug-likeness (QED) is 0.551. The van der Waals surface area contributed by atoms with Gasteiger partial charge in [-0.05, 0) is 56.3 Å². The average Bonchev–Trinajstić information content (AvgIpc) is 3.22. The van der Waals surface area contributed by atoms with Gasteiger partial charge in [-0.3, -0.25) is 14.0 Å². The molecule has 0 aliphatic carbocycles. The van der Waals surface area contributed by atoms with Crippen molar-refractivity contribution in [1.29, 1.82) is 0 Å². The molecule has 0 saturated carbocycles. The molecular formula is C22H21N5O. The summed E-state index contributed by atoms with van der Waals surface area (Å²) in [6, 6.07) is 15.7. The van der Waals surface area contributed by atoms with Gasteiger partial charge in [-0.15, -0.1) is 0 Å². The summed E-state index contributed by atoms with van der Waals surface area (Å²) in [7, 11) is 1.89. The third-order valence-electron chi connectivity index (χ3n) is 4.83. The van der Waals surface area contributed by atoms with Crippen molar-refractivity contribution in [2.45, 2.75) is 13.8 Å². The molecule has 0 radical (unpaired) electrons. The van der Waals surface area contributed by atoms with E-state index in [-0.39, 0.29) is 5.91 Å². The monoisotopic (exact) mass is 371 g/mol. The predicted octanol–water partition coefficient (Wildman–Crippen LogP) is 4.03. The van der Waals surface area contributed by atoms with E-state index < -0.39 is 0 Å². The normalized spacial score (nSPS) is 11.4. The Balaban J connectivity index is 1.48. The Kier molecular flexibility index (Phi) is 4.53. The number of aromatic nitrogens is 4. The van der Waals surface area contributed by atoms with Crippen molar-refractivity contribution in [3.63, 3.8) is 0 Å². The van der Waals surface area contributed by atoms with Crippen molar-refractivity contribution in [3.05, 3.63) is 77.9 Å². The summed E-state index contributed by atoms with van der Waals surface area (Å²) in [5.74, 6) is -0.177. The van der Waals surface area contributed by atoms with Crippen molar-refractivity contribution in [3.8, 4) is 5.69 Å². The highest BCUT2D eigenvalue weighted by Gasteiger charge is 2.07. The van der Waals surface area contributed by atoms with Crippen molar-refractivity contribution < 1.29 is 4.79 Å². The number of anilines is 1. The van der Waals surface area contributed by atoms with Gasteiger partial charge in [-0.2, -0.15) is 5.10 Å². The van der Waals surface area contributed by atoms with Crippen LogP contribution in [0.15, 0.2) is 60.9 Å². The van der Waals surface area contributed by atoms with Gasteiger partial charge in [-0.1, -0.05) is 12.1 Å². The number of carbonyl (C=O) groups is 1. The molecule has 4 aromatic rings. The molecule has 0 aliphatic rings. The number of hydrogen-bond donors (Lipinski definition) is 1. The highest BCUT2D eigenvalue weighted by molar-refractivity contribution is 6.02. The molecule has 140 valence electrons. The first-order valence-electron chi connectivity index (χ1n) is 9.05. The minimum Gasteiger partial charge on any atom is -0.323 e. The Labute approximate surface area is 163 Å². The molecule has 2 aromatic carbocycles. The zero-order valence-corrected chi connectivity index (χ0v) is 16.0. The van der Waals surface area contributed by atoms with Crippen LogP contribution in [-0.4, -0.2) is 25.2 Å². The fourth-order valence-electron chi connectivity index (χ4n) is 3.24. The SMILES string of the molecule is Cc1nn(C)c(C)c1/C=C/C(=O)Nc1ccc(-n2cnc3ccccc32)cc1. The molecule has 0 bridgehead atoms. The number of fused-ring (bicyclic) bond motifs is 1. The van der Waals surface area contributed by atoms with Crippen molar-refractivity contribution in [2.24, 2.45) is 7.05 Å². The zero-order valence-electron chi connectivity index (χ0n) is 16.0. The number of imidazole rings is 1. The van der Waals surface area contributed by atoms with Gasteiger partial charge in [-0.25, -0.2) is 4.98 Å². The molecule has 0 atom stereocenters. The lowest BCUT2D eigenvalue weighted by atomic mass is 10.2. The van der Waals surface area contributed by atoms with Gasteiger partial charge < -0.3 is 5.32 Å². The first-order chi connectivity index (χ1) is 13.5. The van der Waals surface area contributed by atoms with Crippen molar-refractivity contribution in [2.75, 3.05) is 5.32 Å². The molecule has 0 saturated heterocycles. The number of hydrogen-bond acceptors (Lipinski definition) is 3. The Morgan fingerprint density at radius 1 is 1.07 bits per heavy atom. The molecule has 0 fully saturated rings. The van der Waals surface area contributed by atoms with Gasteiger partial charge in [0.2, 0.25) is 5.91 Å². The Morgan fingerprint density at radius 2 is 1.82 bits per heavy atom. The van der Waals surface area contributed by atoms with Crippen LogP contribution in [0.4, 0.5) is 5.69 Å². The summed E-state index contributed by atoms with van der Waals surface area (Å²) in [6.07, 6.45) is 5.15. The summed E-state index contributed by atoms with van der Waals surface area (Å²) < 4.78 is 3.83. The van der Waals surface area contributed by atoms with Crippen LogP contribution in [-0.2, 0) is 11.8 Å². The van der Waals surface area contributed by atoms with Crippen LogP contribution in [0.3, 0.4) is 0 Å². The molecule has 1 N–H and O–H groups in total. The fourth-order valence-corrected chi connectivity index (χ4v) is 3.24. The zero-order chi connectivity index (χ0) is 19.7. The third kappa shape index (κ3) is 3.32. The van der Waals surface area contributed by atoms with Gasteiger partial charge in [0.25, 0.3) is 0 Å².